The van der Waals surface area contributed by atoms with Crippen molar-refractivity contribution in [2.75, 3.05) is 12.8 Å². The average Bonchev–Trinajstić information content (AvgIpc) is 2.88. The van der Waals surface area contributed by atoms with Crippen LogP contribution in [0.15, 0.2) is 0 Å². The third kappa shape index (κ3) is 1.80. The van der Waals surface area contributed by atoms with Crippen LogP contribution in [-0.2, 0) is 4.79 Å². The molecular formula is C13H22N2OS. The van der Waals surface area contributed by atoms with Crippen molar-refractivity contribution in [1.29, 1.82) is 0 Å². The molecule has 0 radical (unpaired) electrons. The molecule has 1 amide bonds. The molecule has 4 heteroatoms. The summed E-state index contributed by atoms with van der Waals surface area (Å²) in [7, 11) is 0. The first-order chi connectivity index (χ1) is 8.11. The first-order valence-electron chi connectivity index (χ1n) is 6.75. The monoisotopic (exact) mass is 254 g/mol. The number of carbonyl (C=O) groups excluding carboxylic acids is 1. The van der Waals surface area contributed by atoms with E-state index in [9.17, 15) is 4.79 Å². The molecule has 1 atom stereocenters. The minimum atomic E-state index is -0.141. The van der Waals surface area contributed by atoms with E-state index in [-0.39, 0.29) is 11.7 Å². The van der Waals surface area contributed by atoms with Gasteiger partial charge in [-0.3, -0.25) is 10.1 Å². The zero-order chi connectivity index (χ0) is 12.1. The van der Waals surface area contributed by atoms with Crippen LogP contribution in [0.25, 0.3) is 0 Å². The zero-order valence-electron chi connectivity index (χ0n) is 10.8. The Labute approximate surface area is 108 Å². The Balaban J connectivity index is 1.74. The second-order valence-corrected chi connectivity index (χ2v) is 7.20. The van der Waals surface area contributed by atoms with Crippen molar-refractivity contribution in [2.45, 2.75) is 61.9 Å². The minimum absolute atomic E-state index is 0.141. The summed E-state index contributed by atoms with van der Waals surface area (Å²) < 4.78 is 0.339. The van der Waals surface area contributed by atoms with Crippen molar-refractivity contribution in [2.24, 2.45) is 0 Å². The molecule has 1 heterocycles. The highest BCUT2D eigenvalue weighted by molar-refractivity contribution is 8.00. The van der Waals surface area contributed by atoms with Gasteiger partial charge in [-0.2, -0.15) is 11.8 Å². The zero-order valence-corrected chi connectivity index (χ0v) is 11.6. The van der Waals surface area contributed by atoms with Gasteiger partial charge in [0.25, 0.3) is 0 Å². The fourth-order valence-electron chi connectivity index (χ4n) is 3.44. The van der Waals surface area contributed by atoms with E-state index in [0.29, 0.717) is 10.7 Å². The quantitative estimate of drug-likeness (QED) is 0.836. The van der Waals surface area contributed by atoms with Crippen molar-refractivity contribution in [3.63, 3.8) is 0 Å². The average molecular weight is 254 g/mol. The van der Waals surface area contributed by atoms with E-state index < -0.39 is 0 Å². The van der Waals surface area contributed by atoms with E-state index in [1.807, 2.05) is 11.8 Å². The van der Waals surface area contributed by atoms with Gasteiger partial charge in [0.1, 0.15) is 0 Å². The number of thioether (sulfide) groups is 1. The predicted molar refractivity (Wildman–Crippen MR) is 71.0 cm³/mol. The van der Waals surface area contributed by atoms with E-state index in [1.165, 1.54) is 25.7 Å². The highest BCUT2D eigenvalue weighted by atomic mass is 32.2. The fraction of sp³-hybridized carbons (Fsp3) is 0.923. The summed E-state index contributed by atoms with van der Waals surface area (Å²) in [6.07, 6.45) is 9.73. The second kappa shape index (κ2) is 3.89. The topological polar surface area (TPSA) is 32.3 Å². The van der Waals surface area contributed by atoms with Gasteiger partial charge >= 0.3 is 0 Å². The maximum atomic E-state index is 12.4. The second-order valence-electron chi connectivity index (χ2n) is 5.93. The Morgan fingerprint density at radius 3 is 2.47 bits per heavy atom. The molecular weight excluding hydrogens is 232 g/mol. The molecule has 3 fully saturated rings. The van der Waals surface area contributed by atoms with Crippen molar-refractivity contribution in [3.8, 4) is 0 Å². The molecule has 1 aliphatic heterocycles. The molecule has 0 bridgehead atoms. The van der Waals surface area contributed by atoms with Crippen LogP contribution in [0.3, 0.4) is 0 Å². The summed E-state index contributed by atoms with van der Waals surface area (Å²) in [5, 5.41) is 3.49. The summed E-state index contributed by atoms with van der Waals surface area (Å²) >= 11 is 1.97. The Kier molecular flexibility index (Phi) is 2.71. The Bertz CT molecular complexity index is 334. The van der Waals surface area contributed by atoms with E-state index >= 15 is 0 Å². The number of nitrogens with one attached hydrogen (secondary N) is 1. The van der Waals surface area contributed by atoms with E-state index in [1.54, 1.807) is 0 Å². The number of hydrogen-bond donors (Lipinski definition) is 1. The molecule has 0 aromatic rings. The number of carbonyl (C=O) groups is 1. The van der Waals surface area contributed by atoms with Gasteiger partial charge in [-0.1, -0.05) is 12.8 Å². The molecule has 1 N–H and O–H groups in total. The van der Waals surface area contributed by atoms with Crippen LogP contribution in [0, 0.1) is 0 Å². The number of rotatable bonds is 3. The van der Waals surface area contributed by atoms with E-state index in [2.05, 4.69) is 23.4 Å². The van der Waals surface area contributed by atoms with Crippen molar-refractivity contribution >= 4 is 17.7 Å². The molecule has 1 spiro atoms. The first-order valence-corrected chi connectivity index (χ1v) is 7.97. The Morgan fingerprint density at radius 2 is 2.00 bits per heavy atom. The standard InChI is InChI=1S/C13H22N2OS/c1-10-14-13(7-8-13)11(16)15(10)9-12(17-2)5-3-4-6-12/h10,14H,3-9H2,1-2H3. The van der Waals surface area contributed by atoms with E-state index in [4.69, 9.17) is 0 Å². The number of hydrogen-bond acceptors (Lipinski definition) is 3. The van der Waals surface area contributed by atoms with Crippen LogP contribution < -0.4 is 5.32 Å². The number of nitrogens with zero attached hydrogens (tertiary/aromatic N) is 1. The predicted octanol–water partition coefficient (Wildman–Crippen LogP) is 1.97. The van der Waals surface area contributed by atoms with Crippen LogP contribution in [0.1, 0.15) is 45.4 Å². The van der Waals surface area contributed by atoms with Gasteiger partial charge in [0.05, 0.1) is 11.7 Å². The Morgan fingerprint density at radius 1 is 1.35 bits per heavy atom. The maximum Gasteiger partial charge on any atom is 0.244 e. The molecule has 0 aromatic carbocycles. The lowest BCUT2D eigenvalue weighted by atomic mass is 10.1. The molecule has 3 rings (SSSR count). The maximum absolute atomic E-state index is 12.4. The largest absolute Gasteiger partial charge is 0.324 e. The highest BCUT2D eigenvalue weighted by Crippen LogP contribution is 2.46. The van der Waals surface area contributed by atoms with Crippen LogP contribution in [0.5, 0.6) is 0 Å². The van der Waals surface area contributed by atoms with Gasteiger partial charge in [0.2, 0.25) is 5.91 Å². The third-order valence-corrected chi connectivity index (χ3v) is 6.18. The molecule has 2 saturated carbocycles. The van der Waals surface area contributed by atoms with Crippen molar-refractivity contribution in [1.82, 2.24) is 10.2 Å². The lowest BCUT2D eigenvalue weighted by Gasteiger charge is -2.33. The van der Waals surface area contributed by atoms with Crippen LogP contribution in [0.4, 0.5) is 0 Å². The molecule has 1 saturated heterocycles. The molecule has 3 nitrogen and oxygen atoms in total. The van der Waals surface area contributed by atoms with Gasteiger partial charge in [0.15, 0.2) is 0 Å². The summed E-state index contributed by atoms with van der Waals surface area (Å²) in [6, 6.07) is 0. The molecule has 2 aliphatic carbocycles. The Hall–Kier alpha value is -0.220. The van der Waals surface area contributed by atoms with Crippen LogP contribution >= 0.6 is 11.8 Å². The normalized spacial score (nSPS) is 33.6. The van der Waals surface area contributed by atoms with Crippen molar-refractivity contribution in [3.05, 3.63) is 0 Å². The lowest BCUT2D eigenvalue weighted by Crippen LogP contribution is -2.44. The van der Waals surface area contributed by atoms with Crippen LogP contribution in [-0.4, -0.2) is 40.1 Å². The van der Waals surface area contributed by atoms with Gasteiger partial charge in [0, 0.05) is 11.3 Å². The summed E-state index contributed by atoms with van der Waals surface area (Å²) in [5.74, 6) is 0.366. The molecule has 1 unspecified atom stereocenters. The first kappa shape index (κ1) is 11.8. The van der Waals surface area contributed by atoms with Gasteiger partial charge in [-0.25, -0.2) is 0 Å². The molecule has 96 valence electrons. The van der Waals surface area contributed by atoms with E-state index in [0.717, 1.165) is 19.4 Å². The molecule has 0 aromatic heterocycles. The van der Waals surface area contributed by atoms with Gasteiger partial charge in [-0.15, -0.1) is 0 Å². The fourth-order valence-corrected chi connectivity index (χ4v) is 4.40. The number of amides is 1. The SMILES string of the molecule is CSC1(CN2C(=O)C3(CC3)NC2C)CCCC1. The third-order valence-electron chi connectivity index (χ3n) is 4.78. The summed E-state index contributed by atoms with van der Waals surface area (Å²) in [5.41, 5.74) is -0.141. The molecule has 17 heavy (non-hydrogen) atoms. The summed E-state index contributed by atoms with van der Waals surface area (Å²) in [6.45, 7) is 3.08. The highest BCUT2D eigenvalue weighted by Gasteiger charge is 2.58. The molecule has 3 aliphatic rings. The van der Waals surface area contributed by atoms with Crippen LogP contribution in [0.2, 0.25) is 0 Å². The smallest absolute Gasteiger partial charge is 0.244 e. The summed E-state index contributed by atoms with van der Waals surface area (Å²) in [4.78, 5) is 14.5. The van der Waals surface area contributed by atoms with Gasteiger partial charge < -0.3 is 4.90 Å². The lowest BCUT2D eigenvalue weighted by molar-refractivity contribution is -0.131. The van der Waals surface area contributed by atoms with Gasteiger partial charge in [-0.05, 0) is 38.9 Å². The van der Waals surface area contributed by atoms with Crippen molar-refractivity contribution < 1.29 is 4.79 Å². The minimum Gasteiger partial charge on any atom is -0.324 e.